The summed E-state index contributed by atoms with van der Waals surface area (Å²) in [6, 6.07) is 7.08. The fourth-order valence-corrected chi connectivity index (χ4v) is 2.64. The number of amides is 1. The zero-order valence-electron chi connectivity index (χ0n) is 10.6. The first-order valence-corrected chi connectivity index (χ1v) is 6.32. The Bertz CT molecular complexity index is 630. The van der Waals surface area contributed by atoms with Gasteiger partial charge >= 0.3 is 0 Å². The normalized spacial score (nSPS) is 17.2. The molecule has 1 heterocycles. The van der Waals surface area contributed by atoms with Crippen molar-refractivity contribution in [2.24, 2.45) is 0 Å². The molecule has 0 spiro atoms. The van der Waals surface area contributed by atoms with Crippen molar-refractivity contribution in [3.05, 3.63) is 53.0 Å². The predicted octanol–water partition coefficient (Wildman–Crippen LogP) is 2.71. The van der Waals surface area contributed by atoms with Crippen LogP contribution in [0, 0.1) is 6.92 Å². The number of fused-ring (bicyclic) bond motifs is 1. The predicted molar refractivity (Wildman–Crippen MR) is 70.1 cm³/mol. The summed E-state index contributed by atoms with van der Waals surface area (Å²) >= 11 is 0. The van der Waals surface area contributed by atoms with E-state index in [4.69, 9.17) is 4.42 Å². The molecule has 0 unspecified atom stereocenters. The Kier molecular flexibility index (Phi) is 2.78. The van der Waals surface area contributed by atoms with Gasteiger partial charge in [-0.1, -0.05) is 12.1 Å². The maximum absolute atomic E-state index is 12.1. The molecular weight excluding hydrogens is 242 g/mol. The van der Waals surface area contributed by atoms with Crippen molar-refractivity contribution in [2.75, 3.05) is 0 Å². The molecule has 4 heteroatoms. The van der Waals surface area contributed by atoms with Crippen LogP contribution < -0.4 is 5.32 Å². The van der Waals surface area contributed by atoms with Crippen LogP contribution in [0.25, 0.3) is 0 Å². The summed E-state index contributed by atoms with van der Waals surface area (Å²) in [5, 5.41) is 12.8. The number of hydrogen-bond donors (Lipinski definition) is 2. The van der Waals surface area contributed by atoms with E-state index in [1.165, 1.54) is 6.26 Å². The minimum Gasteiger partial charge on any atom is -0.508 e. The zero-order chi connectivity index (χ0) is 13.4. The van der Waals surface area contributed by atoms with E-state index in [9.17, 15) is 9.90 Å². The van der Waals surface area contributed by atoms with E-state index < -0.39 is 0 Å². The lowest BCUT2D eigenvalue weighted by molar-refractivity contribution is 0.0935. The lowest BCUT2D eigenvalue weighted by atomic mass is 10.1. The number of aromatic hydroxyl groups is 1. The zero-order valence-corrected chi connectivity index (χ0v) is 10.6. The van der Waals surface area contributed by atoms with Crippen molar-refractivity contribution in [3.8, 4) is 5.75 Å². The summed E-state index contributed by atoms with van der Waals surface area (Å²) in [6.45, 7) is 1.77. The number of phenols is 1. The molecule has 0 radical (unpaired) electrons. The first-order valence-electron chi connectivity index (χ1n) is 6.32. The Hall–Kier alpha value is -2.23. The Balaban J connectivity index is 1.82. The summed E-state index contributed by atoms with van der Waals surface area (Å²) in [5.74, 6) is 0.799. The van der Waals surface area contributed by atoms with E-state index in [-0.39, 0.29) is 11.9 Å². The maximum Gasteiger partial charge on any atom is 0.255 e. The van der Waals surface area contributed by atoms with Gasteiger partial charge in [0.15, 0.2) is 0 Å². The second-order valence-corrected chi connectivity index (χ2v) is 4.80. The van der Waals surface area contributed by atoms with Crippen molar-refractivity contribution < 1.29 is 14.3 Å². The summed E-state index contributed by atoms with van der Waals surface area (Å²) in [6.07, 6.45) is 3.12. The quantitative estimate of drug-likeness (QED) is 0.869. The molecule has 0 saturated carbocycles. The molecule has 4 nitrogen and oxygen atoms in total. The number of hydrogen-bond acceptors (Lipinski definition) is 3. The van der Waals surface area contributed by atoms with Crippen LogP contribution in [0.5, 0.6) is 5.75 Å². The molecule has 2 aromatic rings. The van der Waals surface area contributed by atoms with Gasteiger partial charge in [-0.3, -0.25) is 4.79 Å². The smallest absolute Gasteiger partial charge is 0.255 e. The number of nitrogens with one attached hydrogen (secondary N) is 1. The van der Waals surface area contributed by atoms with Crippen LogP contribution in [0.4, 0.5) is 0 Å². The van der Waals surface area contributed by atoms with Crippen molar-refractivity contribution in [3.63, 3.8) is 0 Å². The average Bonchev–Trinajstić information content (AvgIpc) is 2.97. The van der Waals surface area contributed by atoms with Crippen molar-refractivity contribution >= 4 is 5.91 Å². The molecule has 1 aliphatic rings. The molecule has 1 atom stereocenters. The third-order valence-corrected chi connectivity index (χ3v) is 3.65. The van der Waals surface area contributed by atoms with Gasteiger partial charge in [0, 0.05) is 0 Å². The van der Waals surface area contributed by atoms with Crippen molar-refractivity contribution in [1.82, 2.24) is 5.32 Å². The van der Waals surface area contributed by atoms with Crippen molar-refractivity contribution in [1.29, 1.82) is 0 Å². The first kappa shape index (κ1) is 11.8. The number of furan rings is 1. The molecule has 19 heavy (non-hydrogen) atoms. The minimum absolute atomic E-state index is 0.0381. The van der Waals surface area contributed by atoms with Crippen LogP contribution in [0.3, 0.4) is 0 Å². The van der Waals surface area contributed by atoms with E-state index in [1.54, 1.807) is 19.1 Å². The minimum atomic E-state index is -0.132. The molecule has 0 saturated heterocycles. The highest BCUT2D eigenvalue weighted by molar-refractivity contribution is 5.95. The van der Waals surface area contributed by atoms with Gasteiger partial charge in [0.05, 0.1) is 17.9 Å². The highest BCUT2D eigenvalue weighted by Crippen LogP contribution is 2.36. The number of phenolic OH excluding ortho intramolecular Hbond substituents is 1. The maximum atomic E-state index is 12.1. The van der Waals surface area contributed by atoms with Gasteiger partial charge < -0.3 is 14.8 Å². The molecule has 1 aliphatic carbocycles. The standard InChI is InChI=1S/C15H15NO3/c1-9-10(7-8-19-9)15(18)16-13-6-5-12-11(13)3-2-4-14(12)17/h2-4,7-8,13,17H,5-6H2,1H3,(H,16,18)/t13-/m1/s1. The number of aryl methyl sites for hydroxylation is 1. The Morgan fingerprint density at radius 3 is 3.00 bits per heavy atom. The molecule has 3 rings (SSSR count). The molecule has 1 amide bonds. The summed E-state index contributed by atoms with van der Waals surface area (Å²) in [7, 11) is 0. The van der Waals surface area contributed by atoms with Crippen LogP contribution in [-0.2, 0) is 6.42 Å². The highest BCUT2D eigenvalue weighted by atomic mass is 16.3. The monoisotopic (exact) mass is 257 g/mol. The van der Waals surface area contributed by atoms with Gasteiger partial charge in [-0.05, 0) is 43.0 Å². The van der Waals surface area contributed by atoms with Crippen LogP contribution in [0.1, 0.15) is 39.7 Å². The van der Waals surface area contributed by atoms with Gasteiger partial charge in [0.25, 0.3) is 5.91 Å². The van der Waals surface area contributed by atoms with Crippen LogP contribution in [0.2, 0.25) is 0 Å². The SMILES string of the molecule is Cc1occc1C(=O)N[C@@H]1CCc2c(O)cccc21. The van der Waals surface area contributed by atoms with Gasteiger partial charge in [-0.25, -0.2) is 0 Å². The van der Waals surface area contributed by atoms with Crippen LogP contribution in [0.15, 0.2) is 34.9 Å². The number of benzene rings is 1. The third kappa shape index (κ3) is 1.99. The number of carbonyl (C=O) groups excluding carboxylic acids is 1. The molecule has 1 aromatic heterocycles. The fourth-order valence-electron chi connectivity index (χ4n) is 2.64. The van der Waals surface area contributed by atoms with Gasteiger partial charge in [-0.2, -0.15) is 0 Å². The molecular formula is C15H15NO3. The van der Waals surface area contributed by atoms with Gasteiger partial charge in [0.2, 0.25) is 0 Å². The fraction of sp³-hybridized carbons (Fsp3) is 0.267. The Morgan fingerprint density at radius 2 is 2.26 bits per heavy atom. The van der Waals surface area contributed by atoms with Crippen LogP contribution in [-0.4, -0.2) is 11.0 Å². The van der Waals surface area contributed by atoms with Crippen molar-refractivity contribution in [2.45, 2.75) is 25.8 Å². The second kappa shape index (κ2) is 4.46. The van der Waals surface area contributed by atoms with Crippen LogP contribution >= 0.6 is 0 Å². The molecule has 98 valence electrons. The number of carbonyl (C=O) groups is 1. The summed E-state index contributed by atoms with van der Waals surface area (Å²) < 4.78 is 5.14. The average molecular weight is 257 g/mol. The van der Waals surface area contributed by atoms with Gasteiger partial charge in [-0.15, -0.1) is 0 Å². The molecule has 1 aromatic carbocycles. The molecule has 0 aliphatic heterocycles. The van der Waals surface area contributed by atoms with E-state index in [0.29, 0.717) is 17.1 Å². The highest BCUT2D eigenvalue weighted by Gasteiger charge is 2.26. The molecule has 0 fully saturated rings. The van der Waals surface area contributed by atoms with Gasteiger partial charge in [0.1, 0.15) is 11.5 Å². The summed E-state index contributed by atoms with van der Waals surface area (Å²) in [4.78, 5) is 12.1. The van der Waals surface area contributed by atoms with E-state index >= 15 is 0 Å². The molecule has 0 bridgehead atoms. The lowest BCUT2D eigenvalue weighted by Crippen LogP contribution is -2.27. The topological polar surface area (TPSA) is 62.5 Å². The Labute approximate surface area is 111 Å². The van der Waals surface area contributed by atoms with E-state index in [1.807, 2.05) is 12.1 Å². The van der Waals surface area contributed by atoms with E-state index in [2.05, 4.69) is 5.32 Å². The number of rotatable bonds is 2. The second-order valence-electron chi connectivity index (χ2n) is 4.80. The third-order valence-electron chi connectivity index (χ3n) is 3.65. The molecule has 2 N–H and O–H groups in total. The lowest BCUT2D eigenvalue weighted by Gasteiger charge is -2.14. The first-order chi connectivity index (χ1) is 9.16. The largest absolute Gasteiger partial charge is 0.508 e. The Morgan fingerprint density at radius 1 is 1.42 bits per heavy atom. The van der Waals surface area contributed by atoms with E-state index in [0.717, 1.165) is 24.0 Å². The summed E-state index contributed by atoms with van der Waals surface area (Å²) in [5.41, 5.74) is 2.51.